The zero-order valence-corrected chi connectivity index (χ0v) is 30.1. The van der Waals surface area contributed by atoms with Crippen LogP contribution in [0.2, 0.25) is 5.02 Å². The number of amides is 2. The van der Waals surface area contributed by atoms with Crippen molar-refractivity contribution in [2.24, 2.45) is 23.2 Å². The van der Waals surface area contributed by atoms with E-state index in [-0.39, 0.29) is 49.5 Å². The maximum atomic E-state index is 13.7. The molecule has 0 aromatic heterocycles. The molecule has 0 unspecified atom stereocenters. The van der Waals surface area contributed by atoms with Crippen LogP contribution in [0.3, 0.4) is 0 Å². The van der Waals surface area contributed by atoms with Crippen molar-refractivity contribution in [1.29, 1.82) is 0 Å². The van der Waals surface area contributed by atoms with Crippen molar-refractivity contribution < 1.29 is 33.4 Å². The lowest BCUT2D eigenvalue weighted by Crippen LogP contribution is -2.51. The molecule has 2 aromatic carbocycles. The normalized spacial score (nSPS) is 23.6. The van der Waals surface area contributed by atoms with Crippen molar-refractivity contribution in [3.63, 3.8) is 0 Å². The van der Waals surface area contributed by atoms with Crippen LogP contribution in [0.1, 0.15) is 78.4 Å². The SMILES string of the molecule is COc1ccc(C[C@H]2NC(=O)/C=C/C[C@@H]([C@H](C)[C@@H](C)[C@@H](C)c3ccccc3)OC(=O)[C@H](CC(C)C)OC(=O)C(C)(C)CNC2=O)cc1Cl. The first-order chi connectivity index (χ1) is 22.6. The molecule has 2 amide bonds. The molecule has 3 rings (SSSR count). The second kappa shape index (κ2) is 17.5. The first kappa shape index (κ1) is 38.6. The second-order valence-corrected chi connectivity index (χ2v) is 14.3. The van der Waals surface area contributed by atoms with E-state index in [1.807, 2.05) is 39.0 Å². The van der Waals surface area contributed by atoms with E-state index in [0.29, 0.717) is 16.3 Å². The Morgan fingerprint density at radius 1 is 0.979 bits per heavy atom. The van der Waals surface area contributed by atoms with Crippen LogP contribution < -0.4 is 15.4 Å². The molecule has 0 fully saturated rings. The van der Waals surface area contributed by atoms with Gasteiger partial charge in [0.2, 0.25) is 11.8 Å². The van der Waals surface area contributed by atoms with Crippen LogP contribution in [-0.2, 0) is 35.1 Å². The van der Waals surface area contributed by atoms with Crippen molar-refractivity contribution in [3.8, 4) is 5.75 Å². The molecule has 0 aliphatic carbocycles. The van der Waals surface area contributed by atoms with Crippen LogP contribution in [0, 0.1) is 23.2 Å². The predicted molar refractivity (Wildman–Crippen MR) is 187 cm³/mol. The quantitative estimate of drug-likeness (QED) is 0.293. The molecule has 0 spiro atoms. The lowest BCUT2D eigenvalue weighted by atomic mass is 9.78. The fraction of sp³-hybridized carbons (Fsp3) is 0.526. The molecule has 0 radical (unpaired) electrons. The number of cyclic esters (lactones) is 2. The van der Waals surface area contributed by atoms with Gasteiger partial charge in [-0.05, 0) is 73.3 Å². The number of methoxy groups -OCH3 is 1. The van der Waals surface area contributed by atoms with E-state index in [2.05, 4.69) is 36.6 Å². The summed E-state index contributed by atoms with van der Waals surface area (Å²) < 4.78 is 17.2. The number of hydrogen-bond donors (Lipinski definition) is 2. The minimum atomic E-state index is -1.19. The van der Waals surface area contributed by atoms with E-state index >= 15 is 0 Å². The van der Waals surface area contributed by atoms with Gasteiger partial charge in [0.15, 0.2) is 6.10 Å². The number of carbonyl (C=O) groups excluding carboxylic acids is 4. The largest absolute Gasteiger partial charge is 0.495 e. The van der Waals surface area contributed by atoms with Gasteiger partial charge in [0, 0.05) is 19.4 Å². The Kier molecular flexibility index (Phi) is 14.1. The molecular weight excluding hydrogens is 632 g/mol. The molecular formula is C38H51ClN2O7. The van der Waals surface area contributed by atoms with Crippen LogP contribution in [0.25, 0.3) is 0 Å². The van der Waals surface area contributed by atoms with E-state index in [1.54, 1.807) is 38.1 Å². The van der Waals surface area contributed by atoms with E-state index in [1.165, 1.54) is 18.7 Å². The number of halogens is 1. The molecule has 262 valence electrons. The van der Waals surface area contributed by atoms with Gasteiger partial charge in [0.1, 0.15) is 17.9 Å². The summed E-state index contributed by atoms with van der Waals surface area (Å²) in [5, 5.41) is 5.95. The van der Waals surface area contributed by atoms with Crippen molar-refractivity contribution >= 4 is 35.4 Å². The van der Waals surface area contributed by atoms with Gasteiger partial charge in [-0.2, -0.15) is 0 Å². The molecule has 9 nitrogen and oxygen atoms in total. The Morgan fingerprint density at radius 2 is 1.67 bits per heavy atom. The average Bonchev–Trinajstić information content (AvgIpc) is 3.04. The Labute approximate surface area is 290 Å². The number of hydrogen-bond acceptors (Lipinski definition) is 7. The first-order valence-corrected chi connectivity index (χ1v) is 17.0. The van der Waals surface area contributed by atoms with Gasteiger partial charge >= 0.3 is 11.9 Å². The van der Waals surface area contributed by atoms with E-state index in [0.717, 1.165) is 0 Å². The number of carbonyl (C=O) groups is 4. The highest BCUT2D eigenvalue weighted by molar-refractivity contribution is 6.32. The summed E-state index contributed by atoms with van der Waals surface area (Å²) in [7, 11) is 1.51. The van der Waals surface area contributed by atoms with Gasteiger partial charge in [-0.3, -0.25) is 14.4 Å². The minimum absolute atomic E-state index is 0.0347. The maximum Gasteiger partial charge on any atom is 0.347 e. The second-order valence-electron chi connectivity index (χ2n) is 13.9. The van der Waals surface area contributed by atoms with Crippen LogP contribution in [0.15, 0.2) is 60.7 Å². The van der Waals surface area contributed by atoms with Crippen LogP contribution in [0.5, 0.6) is 5.75 Å². The molecule has 6 atom stereocenters. The van der Waals surface area contributed by atoms with Crippen molar-refractivity contribution in [2.75, 3.05) is 13.7 Å². The molecule has 1 aliphatic heterocycles. The van der Waals surface area contributed by atoms with Crippen LogP contribution in [0.4, 0.5) is 0 Å². The molecule has 48 heavy (non-hydrogen) atoms. The molecule has 10 heteroatoms. The zero-order chi connectivity index (χ0) is 35.6. The van der Waals surface area contributed by atoms with Gasteiger partial charge in [0.05, 0.1) is 17.5 Å². The van der Waals surface area contributed by atoms with Crippen LogP contribution >= 0.6 is 11.6 Å². The summed E-state index contributed by atoms with van der Waals surface area (Å²) in [5.74, 6) is -1.59. The number of ether oxygens (including phenoxy) is 3. The minimum Gasteiger partial charge on any atom is -0.495 e. The Balaban J connectivity index is 1.96. The number of rotatable bonds is 9. The first-order valence-electron chi connectivity index (χ1n) is 16.7. The summed E-state index contributed by atoms with van der Waals surface area (Å²) >= 11 is 6.33. The predicted octanol–water partition coefficient (Wildman–Crippen LogP) is 6.42. The monoisotopic (exact) mass is 682 g/mol. The topological polar surface area (TPSA) is 120 Å². The summed E-state index contributed by atoms with van der Waals surface area (Å²) in [6.07, 6.45) is 1.93. The van der Waals surface area contributed by atoms with E-state index in [4.69, 9.17) is 25.8 Å². The highest BCUT2D eigenvalue weighted by Gasteiger charge is 2.38. The summed E-state index contributed by atoms with van der Waals surface area (Å²) in [6.45, 7) is 13.3. The van der Waals surface area contributed by atoms with Gasteiger partial charge < -0.3 is 24.8 Å². The number of benzene rings is 2. The Hall–Kier alpha value is -3.85. The molecule has 0 saturated heterocycles. The number of esters is 2. The van der Waals surface area contributed by atoms with E-state index in [9.17, 15) is 19.2 Å². The molecule has 1 heterocycles. The smallest absolute Gasteiger partial charge is 0.347 e. The van der Waals surface area contributed by atoms with Gasteiger partial charge in [-0.1, -0.05) is 88.7 Å². The molecule has 0 bridgehead atoms. The Morgan fingerprint density at radius 3 is 2.29 bits per heavy atom. The fourth-order valence-electron chi connectivity index (χ4n) is 5.67. The zero-order valence-electron chi connectivity index (χ0n) is 29.4. The summed E-state index contributed by atoms with van der Waals surface area (Å²) in [4.78, 5) is 53.8. The standard InChI is InChI=1S/C38H51ClN2O7/c1-23(2)19-33-36(44)47-31(26(5)24(3)25(4)28-13-10-9-11-14-28)15-12-16-34(42)41-30(21-27-17-18-32(46-8)29(39)20-27)35(43)40-22-38(6,7)37(45)48-33/h9-14,16-18,20,23-26,30-31,33H,15,19,21-22H2,1-8H3,(H,40,43)(H,41,42)/b16-12+/t24-,25+,26+,30+,31-,33-/m0/s1. The van der Waals surface area contributed by atoms with Crippen molar-refractivity contribution in [3.05, 3.63) is 76.8 Å². The maximum absolute atomic E-state index is 13.7. The molecule has 1 aliphatic rings. The third-order valence-electron chi connectivity index (χ3n) is 9.18. The van der Waals surface area contributed by atoms with Crippen molar-refractivity contribution in [2.45, 2.75) is 91.9 Å². The van der Waals surface area contributed by atoms with Gasteiger partial charge in [-0.15, -0.1) is 0 Å². The number of nitrogens with one attached hydrogen (secondary N) is 2. The Bertz CT molecular complexity index is 1440. The van der Waals surface area contributed by atoms with Gasteiger partial charge in [0.25, 0.3) is 0 Å². The van der Waals surface area contributed by atoms with E-state index < -0.39 is 47.4 Å². The molecule has 2 N–H and O–H groups in total. The summed E-state index contributed by atoms with van der Waals surface area (Å²) in [6, 6.07) is 14.3. The average molecular weight is 683 g/mol. The molecule has 2 aromatic rings. The molecule has 0 saturated carbocycles. The highest BCUT2D eigenvalue weighted by Crippen LogP contribution is 2.34. The lowest BCUT2D eigenvalue weighted by Gasteiger charge is -2.33. The highest BCUT2D eigenvalue weighted by atomic mass is 35.5. The third-order valence-corrected chi connectivity index (χ3v) is 9.47. The van der Waals surface area contributed by atoms with Crippen molar-refractivity contribution in [1.82, 2.24) is 10.6 Å². The van der Waals surface area contributed by atoms with Crippen LogP contribution in [-0.4, -0.2) is 55.7 Å². The lowest BCUT2D eigenvalue weighted by molar-refractivity contribution is -0.179. The third kappa shape index (κ3) is 10.8. The fourth-order valence-corrected chi connectivity index (χ4v) is 5.95. The summed E-state index contributed by atoms with van der Waals surface area (Å²) in [5.41, 5.74) is 0.687. The van der Waals surface area contributed by atoms with Gasteiger partial charge in [-0.25, -0.2) is 4.79 Å².